The van der Waals surface area contributed by atoms with Crippen LogP contribution in [-0.4, -0.2) is 33.5 Å². The summed E-state index contributed by atoms with van der Waals surface area (Å²) in [4.78, 5) is 11.1. The zero-order valence-electron chi connectivity index (χ0n) is 19.5. The van der Waals surface area contributed by atoms with Crippen molar-refractivity contribution in [1.82, 2.24) is 0 Å². The Kier molecular flexibility index (Phi) is 6.07. The lowest BCUT2D eigenvalue weighted by atomic mass is 9.41. The van der Waals surface area contributed by atoms with Gasteiger partial charge < -0.3 is 15.3 Å². The molecule has 0 bridgehead atoms. The Bertz CT molecular complexity index is 649. The minimum absolute atomic E-state index is 0.194. The molecule has 0 aromatic heterocycles. The van der Waals surface area contributed by atoms with Crippen molar-refractivity contribution in [3.05, 3.63) is 0 Å². The lowest BCUT2D eigenvalue weighted by Crippen LogP contribution is -2.62. The Labute approximate surface area is 182 Å². The van der Waals surface area contributed by atoms with Gasteiger partial charge in [-0.25, -0.2) is 0 Å². The van der Waals surface area contributed by atoms with Crippen LogP contribution < -0.4 is 0 Å². The lowest BCUT2D eigenvalue weighted by Gasteiger charge is -2.64. The van der Waals surface area contributed by atoms with E-state index in [1.165, 1.54) is 25.7 Å². The summed E-state index contributed by atoms with van der Waals surface area (Å²) in [5.74, 6) is 2.58. The van der Waals surface area contributed by atoms with Gasteiger partial charge in [-0.15, -0.1) is 0 Å². The molecule has 0 radical (unpaired) electrons. The first-order valence-corrected chi connectivity index (χ1v) is 12.7. The maximum atomic E-state index is 11.7. The van der Waals surface area contributed by atoms with E-state index in [2.05, 4.69) is 27.7 Å². The minimum Gasteiger partial charge on any atom is -0.481 e. The number of hydrogen-bond donors (Lipinski definition) is 3. The quantitative estimate of drug-likeness (QED) is 0.577. The number of aliphatic hydroxyl groups is 2. The van der Waals surface area contributed by atoms with Crippen LogP contribution in [0.4, 0.5) is 0 Å². The molecule has 4 aliphatic carbocycles. The number of carboxylic acid groups (broad SMARTS) is 1. The molecule has 4 rings (SSSR count). The molecule has 0 heterocycles. The highest BCUT2D eigenvalue weighted by Crippen LogP contribution is 2.69. The van der Waals surface area contributed by atoms with Gasteiger partial charge in [0, 0.05) is 6.42 Å². The van der Waals surface area contributed by atoms with Crippen molar-refractivity contribution in [2.75, 3.05) is 0 Å². The monoisotopic (exact) mass is 420 g/mol. The van der Waals surface area contributed by atoms with Crippen molar-refractivity contribution in [3.8, 4) is 0 Å². The predicted octanol–water partition coefficient (Wildman–Crippen LogP) is 5.11. The van der Waals surface area contributed by atoms with E-state index in [0.717, 1.165) is 32.1 Å². The SMILES string of the molecule is CC[C@H]1[C@@H](O)[C@H]2C3CC[C@H]([C@H](C)CCC(=O)O)[C@@]3(C)CCC2[C@@]2(C)CC[C@@H](O)C[C@@H]12. The summed E-state index contributed by atoms with van der Waals surface area (Å²) in [6.45, 7) is 9.44. The minimum atomic E-state index is -0.683. The number of hydrogen-bond acceptors (Lipinski definition) is 3. The maximum absolute atomic E-state index is 11.7. The van der Waals surface area contributed by atoms with Crippen LogP contribution in [0.15, 0.2) is 0 Å². The highest BCUT2D eigenvalue weighted by molar-refractivity contribution is 5.66. The van der Waals surface area contributed by atoms with Crippen LogP contribution in [-0.2, 0) is 4.79 Å². The Morgan fingerprint density at radius 1 is 1.00 bits per heavy atom. The molecule has 172 valence electrons. The average Bonchev–Trinajstić information content (AvgIpc) is 3.05. The second-order valence-corrected chi connectivity index (χ2v) is 12.0. The molecular formula is C26H44O4. The van der Waals surface area contributed by atoms with E-state index in [0.29, 0.717) is 41.4 Å². The highest BCUT2D eigenvalue weighted by atomic mass is 16.4. The Morgan fingerprint density at radius 3 is 2.33 bits per heavy atom. The van der Waals surface area contributed by atoms with Gasteiger partial charge in [0.2, 0.25) is 0 Å². The molecule has 4 heteroatoms. The van der Waals surface area contributed by atoms with Crippen LogP contribution in [0.2, 0.25) is 0 Å². The van der Waals surface area contributed by atoms with Gasteiger partial charge in [-0.3, -0.25) is 4.79 Å². The number of aliphatic carboxylic acids is 1. The third kappa shape index (κ3) is 3.36. The van der Waals surface area contributed by atoms with Gasteiger partial charge in [0.05, 0.1) is 12.2 Å². The molecule has 4 fully saturated rings. The van der Waals surface area contributed by atoms with Gasteiger partial charge >= 0.3 is 5.97 Å². The van der Waals surface area contributed by atoms with E-state index >= 15 is 0 Å². The van der Waals surface area contributed by atoms with Crippen LogP contribution in [0.1, 0.15) is 91.9 Å². The summed E-state index contributed by atoms with van der Waals surface area (Å²) in [6.07, 6.45) is 9.27. The number of carbonyl (C=O) groups is 1. The van der Waals surface area contributed by atoms with E-state index < -0.39 is 5.97 Å². The zero-order valence-corrected chi connectivity index (χ0v) is 19.5. The van der Waals surface area contributed by atoms with Crippen molar-refractivity contribution in [2.45, 2.75) is 104 Å². The molecule has 0 spiro atoms. The van der Waals surface area contributed by atoms with Crippen LogP contribution in [0.25, 0.3) is 0 Å². The van der Waals surface area contributed by atoms with Crippen molar-refractivity contribution in [1.29, 1.82) is 0 Å². The predicted molar refractivity (Wildman–Crippen MR) is 118 cm³/mol. The Morgan fingerprint density at radius 2 is 1.67 bits per heavy atom. The van der Waals surface area contributed by atoms with Gasteiger partial charge in [0.1, 0.15) is 0 Å². The summed E-state index contributed by atoms with van der Waals surface area (Å²) < 4.78 is 0. The van der Waals surface area contributed by atoms with Gasteiger partial charge in [-0.1, -0.05) is 34.1 Å². The van der Waals surface area contributed by atoms with Crippen LogP contribution in [0.5, 0.6) is 0 Å². The van der Waals surface area contributed by atoms with E-state index in [1.54, 1.807) is 0 Å². The Balaban J connectivity index is 1.61. The number of carboxylic acids is 1. The molecule has 3 N–H and O–H groups in total. The topological polar surface area (TPSA) is 77.8 Å². The molecule has 4 saturated carbocycles. The van der Waals surface area contributed by atoms with E-state index in [1.807, 2.05) is 0 Å². The average molecular weight is 421 g/mol. The van der Waals surface area contributed by atoms with Gasteiger partial charge in [-0.05, 0) is 104 Å². The summed E-state index contributed by atoms with van der Waals surface area (Å²) >= 11 is 0. The number of aliphatic hydroxyl groups excluding tert-OH is 2. The highest BCUT2D eigenvalue weighted by Gasteiger charge is 2.64. The first-order valence-electron chi connectivity index (χ1n) is 12.7. The van der Waals surface area contributed by atoms with Crippen LogP contribution in [0.3, 0.4) is 0 Å². The van der Waals surface area contributed by atoms with Crippen molar-refractivity contribution in [3.63, 3.8) is 0 Å². The molecule has 30 heavy (non-hydrogen) atoms. The fourth-order valence-corrected chi connectivity index (χ4v) is 9.48. The molecule has 0 aliphatic heterocycles. The lowest BCUT2D eigenvalue weighted by molar-refractivity contribution is -0.203. The first-order chi connectivity index (χ1) is 14.1. The van der Waals surface area contributed by atoms with E-state index in [9.17, 15) is 15.0 Å². The van der Waals surface area contributed by atoms with Crippen LogP contribution in [0, 0.1) is 52.3 Å². The molecule has 0 aromatic rings. The molecule has 4 aliphatic rings. The third-order valence-electron chi connectivity index (χ3n) is 11.0. The zero-order chi connectivity index (χ0) is 21.8. The van der Waals surface area contributed by atoms with E-state index in [-0.39, 0.29) is 29.5 Å². The van der Waals surface area contributed by atoms with Crippen molar-refractivity contribution in [2.24, 2.45) is 52.3 Å². The molecular weight excluding hydrogens is 376 g/mol. The fraction of sp³-hybridized carbons (Fsp3) is 0.962. The maximum Gasteiger partial charge on any atom is 0.303 e. The molecule has 2 unspecified atom stereocenters. The summed E-state index contributed by atoms with van der Waals surface area (Å²) in [7, 11) is 0. The van der Waals surface area contributed by atoms with Gasteiger partial charge in [-0.2, -0.15) is 0 Å². The number of rotatable bonds is 5. The molecule has 4 nitrogen and oxygen atoms in total. The fourth-order valence-electron chi connectivity index (χ4n) is 9.48. The van der Waals surface area contributed by atoms with Gasteiger partial charge in [0.15, 0.2) is 0 Å². The summed E-state index contributed by atoms with van der Waals surface area (Å²) in [5.41, 5.74) is 0.480. The normalized spacial score (nSPS) is 51.5. The largest absolute Gasteiger partial charge is 0.481 e. The summed E-state index contributed by atoms with van der Waals surface area (Å²) in [5, 5.41) is 31.3. The van der Waals surface area contributed by atoms with Gasteiger partial charge in [0.25, 0.3) is 0 Å². The third-order valence-corrected chi connectivity index (χ3v) is 11.0. The van der Waals surface area contributed by atoms with Crippen molar-refractivity contribution >= 4 is 5.97 Å². The van der Waals surface area contributed by atoms with Crippen molar-refractivity contribution < 1.29 is 20.1 Å². The standard InChI is InChI=1S/C26H44O4/c1-5-17-21-14-16(27)10-12-26(21,4)20-11-13-25(3)18(15(2)6-9-22(28)29)7-8-19(25)23(20)24(17)30/h15-21,23-24,27,30H,5-14H2,1-4H3,(H,28,29)/t15-,16-,17-,18-,19?,20?,21+,23+,24-,25-,26-/m1/s1. The molecule has 11 atom stereocenters. The summed E-state index contributed by atoms with van der Waals surface area (Å²) in [6, 6.07) is 0. The molecule has 0 aromatic carbocycles. The second-order valence-electron chi connectivity index (χ2n) is 12.0. The van der Waals surface area contributed by atoms with Crippen LogP contribution >= 0.6 is 0 Å². The second kappa shape index (κ2) is 8.06. The molecule has 0 amide bonds. The number of fused-ring (bicyclic) bond motifs is 5. The smallest absolute Gasteiger partial charge is 0.303 e. The Hall–Kier alpha value is -0.610. The van der Waals surface area contributed by atoms with E-state index in [4.69, 9.17) is 5.11 Å². The first kappa shape index (κ1) is 22.6. The molecule has 0 saturated heterocycles.